The standard InChI is InChI=1S/C13H29N3O/c1-13(2,3)12(14)4-5-15-6-8-16(9-7-15)10-11-17/h12,17H,4-11,14H2,1-3H3. The molecule has 0 amide bonds. The van der Waals surface area contributed by atoms with Gasteiger partial charge in [0.25, 0.3) is 0 Å². The van der Waals surface area contributed by atoms with Crippen LogP contribution < -0.4 is 5.73 Å². The van der Waals surface area contributed by atoms with E-state index in [1.165, 1.54) is 0 Å². The van der Waals surface area contributed by atoms with Gasteiger partial charge in [0.1, 0.15) is 0 Å². The lowest BCUT2D eigenvalue weighted by Crippen LogP contribution is -2.48. The summed E-state index contributed by atoms with van der Waals surface area (Å²) >= 11 is 0. The molecule has 4 nitrogen and oxygen atoms in total. The molecule has 0 aromatic heterocycles. The van der Waals surface area contributed by atoms with Crippen LogP contribution in [0.4, 0.5) is 0 Å². The van der Waals surface area contributed by atoms with Crippen LogP contribution in [0.25, 0.3) is 0 Å². The zero-order chi connectivity index (χ0) is 12.9. The normalized spacial score (nSPS) is 21.7. The van der Waals surface area contributed by atoms with Crippen LogP contribution >= 0.6 is 0 Å². The zero-order valence-corrected chi connectivity index (χ0v) is 11.7. The molecule has 102 valence electrons. The van der Waals surface area contributed by atoms with Crippen molar-refractivity contribution in [2.75, 3.05) is 45.9 Å². The van der Waals surface area contributed by atoms with Crippen LogP contribution in [0, 0.1) is 5.41 Å². The summed E-state index contributed by atoms with van der Waals surface area (Å²) in [5.41, 5.74) is 6.38. The average Bonchev–Trinajstić information content (AvgIpc) is 2.27. The second-order valence-corrected chi connectivity index (χ2v) is 6.17. The number of rotatable bonds is 5. The molecule has 17 heavy (non-hydrogen) atoms. The Bertz CT molecular complexity index is 207. The number of β-amino-alcohol motifs (C(OH)–C–C–N with tert-alkyl or cyclic N) is 1. The van der Waals surface area contributed by atoms with Gasteiger partial charge in [-0.25, -0.2) is 0 Å². The number of aliphatic hydroxyl groups excluding tert-OH is 1. The van der Waals surface area contributed by atoms with Gasteiger partial charge in [0.05, 0.1) is 6.61 Å². The molecule has 1 fully saturated rings. The van der Waals surface area contributed by atoms with Crippen molar-refractivity contribution in [1.29, 1.82) is 0 Å². The van der Waals surface area contributed by atoms with E-state index in [2.05, 4.69) is 30.6 Å². The van der Waals surface area contributed by atoms with E-state index in [-0.39, 0.29) is 18.1 Å². The fourth-order valence-electron chi connectivity index (χ4n) is 2.13. The Morgan fingerprint density at radius 1 is 1.06 bits per heavy atom. The molecular formula is C13H29N3O. The van der Waals surface area contributed by atoms with Gasteiger partial charge in [0.15, 0.2) is 0 Å². The van der Waals surface area contributed by atoms with Crippen LogP contribution in [0.3, 0.4) is 0 Å². The van der Waals surface area contributed by atoms with Gasteiger partial charge in [-0.15, -0.1) is 0 Å². The Hall–Kier alpha value is -0.160. The van der Waals surface area contributed by atoms with E-state index in [4.69, 9.17) is 10.8 Å². The summed E-state index contributed by atoms with van der Waals surface area (Å²) in [6.45, 7) is 13.2. The monoisotopic (exact) mass is 243 g/mol. The Kier molecular flexibility index (Phi) is 5.86. The minimum absolute atomic E-state index is 0.207. The third kappa shape index (κ3) is 5.34. The number of hydrogen-bond donors (Lipinski definition) is 2. The summed E-state index contributed by atoms with van der Waals surface area (Å²) in [5.74, 6) is 0. The lowest BCUT2D eigenvalue weighted by Gasteiger charge is -2.36. The van der Waals surface area contributed by atoms with Gasteiger partial charge in [-0.3, -0.25) is 4.90 Å². The smallest absolute Gasteiger partial charge is 0.0558 e. The molecule has 0 aromatic carbocycles. The molecule has 1 unspecified atom stereocenters. The molecule has 1 heterocycles. The molecule has 3 N–H and O–H groups in total. The molecule has 1 atom stereocenters. The number of hydrogen-bond acceptors (Lipinski definition) is 4. The maximum absolute atomic E-state index is 8.88. The molecule has 4 heteroatoms. The minimum Gasteiger partial charge on any atom is -0.395 e. The van der Waals surface area contributed by atoms with Crippen LogP contribution in [0.1, 0.15) is 27.2 Å². The first-order valence-electron chi connectivity index (χ1n) is 6.74. The van der Waals surface area contributed by atoms with Crippen LogP contribution in [-0.2, 0) is 0 Å². The third-order valence-electron chi connectivity index (χ3n) is 3.75. The first-order valence-corrected chi connectivity index (χ1v) is 6.74. The molecule has 1 rings (SSSR count). The molecule has 1 saturated heterocycles. The number of aliphatic hydroxyl groups is 1. The quantitative estimate of drug-likeness (QED) is 0.732. The van der Waals surface area contributed by atoms with Gasteiger partial charge in [0, 0.05) is 38.8 Å². The minimum atomic E-state index is 0.207. The summed E-state index contributed by atoms with van der Waals surface area (Å²) in [7, 11) is 0. The maximum Gasteiger partial charge on any atom is 0.0558 e. The van der Waals surface area contributed by atoms with E-state index in [9.17, 15) is 0 Å². The number of nitrogens with zero attached hydrogens (tertiary/aromatic N) is 2. The Balaban J connectivity index is 2.18. The third-order valence-corrected chi connectivity index (χ3v) is 3.75. The van der Waals surface area contributed by atoms with Gasteiger partial charge in [-0.1, -0.05) is 20.8 Å². The molecule has 1 aliphatic rings. The molecule has 0 saturated carbocycles. The summed E-state index contributed by atoms with van der Waals surface area (Å²) in [5, 5.41) is 8.88. The number of piperazine rings is 1. The summed E-state index contributed by atoms with van der Waals surface area (Å²) in [6.07, 6.45) is 1.07. The summed E-state index contributed by atoms with van der Waals surface area (Å²) < 4.78 is 0. The van der Waals surface area contributed by atoms with Crippen molar-refractivity contribution in [3.63, 3.8) is 0 Å². The largest absolute Gasteiger partial charge is 0.395 e. The highest BCUT2D eigenvalue weighted by molar-refractivity contribution is 4.79. The predicted octanol–water partition coefficient (Wildman–Crippen LogP) is 0.360. The van der Waals surface area contributed by atoms with Gasteiger partial charge >= 0.3 is 0 Å². The highest BCUT2D eigenvalue weighted by Gasteiger charge is 2.22. The second-order valence-electron chi connectivity index (χ2n) is 6.17. The van der Waals surface area contributed by atoms with Crippen LogP contribution in [0.2, 0.25) is 0 Å². The van der Waals surface area contributed by atoms with Crippen molar-refractivity contribution in [2.45, 2.75) is 33.2 Å². The molecule has 0 bridgehead atoms. The van der Waals surface area contributed by atoms with E-state index >= 15 is 0 Å². The molecule has 0 aliphatic carbocycles. The molecular weight excluding hydrogens is 214 g/mol. The fourth-order valence-corrected chi connectivity index (χ4v) is 2.13. The van der Waals surface area contributed by atoms with Crippen molar-refractivity contribution in [3.05, 3.63) is 0 Å². The lowest BCUT2D eigenvalue weighted by molar-refractivity contribution is 0.107. The van der Waals surface area contributed by atoms with Gasteiger partial charge in [0.2, 0.25) is 0 Å². The van der Waals surface area contributed by atoms with E-state index in [1.807, 2.05) is 0 Å². The fraction of sp³-hybridized carbons (Fsp3) is 1.00. The zero-order valence-electron chi connectivity index (χ0n) is 11.7. The summed E-state index contributed by atoms with van der Waals surface area (Å²) in [6, 6.07) is 0.276. The van der Waals surface area contributed by atoms with Crippen LogP contribution in [0.15, 0.2) is 0 Å². The van der Waals surface area contributed by atoms with E-state index in [1.54, 1.807) is 0 Å². The highest BCUT2D eigenvalue weighted by Crippen LogP contribution is 2.20. The van der Waals surface area contributed by atoms with Gasteiger partial charge < -0.3 is 15.7 Å². The van der Waals surface area contributed by atoms with E-state index in [0.717, 1.165) is 45.7 Å². The first kappa shape index (κ1) is 14.9. The molecule has 0 radical (unpaired) electrons. The second kappa shape index (κ2) is 6.69. The van der Waals surface area contributed by atoms with Crippen molar-refractivity contribution in [2.24, 2.45) is 11.1 Å². The van der Waals surface area contributed by atoms with Crippen molar-refractivity contribution in [3.8, 4) is 0 Å². The Labute approximate surface area is 106 Å². The van der Waals surface area contributed by atoms with Crippen molar-refractivity contribution >= 4 is 0 Å². The molecule has 0 aromatic rings. The first-order chi connectivity index (χ1) is 7.93. The Morgan fingerprint density at radius 3 is 1.94 bits per heavy atom. The summed E-state index contributed by atoms with van der Waals surface area (Å²) in [4.78, 5) is 4.81. The maximum atomic E-state index is 8.88. The predicted molar refractivity (Wildman–Crippen MR) is 72.0 cm³/mol. The lowest BCUT2D eigenvalue weighted by atomic mass is 9.85. The average molecular weight is 243 g/mol. The van der Waals surface area contributed by atoms with Crippen molar-refractivity contribution < 1.29 is 5.11 Å². The molecule has 0 spiro atoms. The van der Waals surface area contributed by atoms with Crippen LogP contribution in [-0.4, -0.2) is 66.8 Å². The van der Waals surface area contributed by atoms with Gasteiger partial charge in [-0.05, 0) is 18.4 Å². The molecule has 1 aliphatic heterocycles. The number of nitrogens with two attached hydrogens (primary N) is 1. The highest BCUT2D eigenvalue weighted by atomic mass is 16.3. The van der Waals surface area contributed by atoms with Gasteiger partial charge in [-0.2, -0.15) is 0 Å². The Morgan fingerprint density at radius 2 is 1.53 bits per heavy atom. The van der Waals surface area contributed by atoms with E-state index < -0.39 is 0 Å². The van der Waals surface area contributed by atoms with Crippen LogP contribution in [0.5, 0.6) is 0 Å². The van der Waals surface area contributed by atoms with Crippen molar-refractivity contribution in [1.82, 2.24) is 9.80 Å². The topological polar surface area (TPSA) is 52.7 Å². The van der Waals surface area contributed by atoms with E-state index in [0.29, 0.717) is 0 Å². The SMILES string of the molecule is CC(C)(C)C(N)CCN1CCN(CCO)CC1.